The van der Waals surface area contributed by atoms with Crippen molar-refractivity contribution in [3.05, 3.63) is 23.9 Å². The second kappa shape index (κ2) is 8.25. The Hall–Kier alpha value is -2.15. The minimum Gasteiger partial charge on any atom is -0.352 e. The topological polar surface area (TPSA) is 82.4 Å². The summed E-state index contributed by atoms with van der Waals surface area (Å²) in [6.07, 6.45) is 3.37. The zero-order chi connectivity index (χ0) is 19.0. The highest BCUT2D eigenvalue weighted by atomic mass is 35.5. The zero-order valence-electron chi connectivity index (χ0n) is 16.2. The Labute approximate surface area is 165 Å². The summed E-state index contributed by atoms with van der Waals surface area (Å²) in [7, 11) is 0. The van der Waals surface area contributed by atoms with E-state index in [2.05, 4.69) is 15.2 Å². The molecule has 1 aromatic rings. The first kappa shape index (κ1) is 21.2. The summed E-state index contributed by atoms with van der Waals surface area (Å²) in [6, 6.07) is 3.08. The quantitative estimate of drug-likeness (QED) is 0.726. The van der Waals surface area contributed by atoms with E-state index >= 15 is 0 Å². The van der Waals surface area contributed by atoms with Gasteiger partial charge in [-0.2, -0.15) is 4.90 Å². The lowest BCUT2D eigenvalue weighted by molar-refractivity contribution is -0.711. The van der Waals surface area contributed by atoms with E-state index in [4.69, 9.17) is 0 Å². The number of halogens is 1. The Bertz CT molecular complexity index is 754. The molecule has 0 spiro atoms. The smallest absolute Gasteiger partial charge is 0.336 e. The molecule has 0 fully saturated rings. The van der Waals surface area contributed by atoms with Crippen molar-refractivity contribution in [2.24, 2.45) is 5.92 Å². The number of nitrogens with zero attached hydrogens (tertiary/aromatic N) is 2. The first-order valence-corrected chi connectivity index (χ1v) is 9.26. The highest BCUT2D eigenvalue weighted by molar-refractivity contribution is 6.01. The van der Waals surface area contributed by atoms with Gasteiger partial charge in [-0.25, -0.2) is 9.36 Å². The van der Waals surface area contributed by atoms with Gasteiger partial charge in [0.25, 0.3) is 5.82 Å². The molecule has 1 unspecified atom stereocenters. The molecule has 0 aliphatic carbocycles. The van der Waals surface area contributed by atoms with Gasteiger partial charge in [-0.1, -0.05) is 13.8 Å². The van der Waals surface area contributed by atoms with Crippen molar-refractivity contribution < 1.29 is 19.0 Å². The number of hydrogen-bond acceptors (Lipinski definition) is 3. The maximum absolute atomic E-state index is 13.2. The second-order valence-electron chi connectivity index (χ2n) is 7.30. The van der Waals surface area contributed by atoms with Gasteiger partial charge in [-0.15, -0.1) is 12.4 Å². The number of anilines is 1. The lowest BCUT2D eigenvalue weighted by atomic mass is 10.0. The van der Waals surface area contributed by atoms with Gasteiger partial charge < -0.3 is 10.6 Å². The van der Waals surface area contributed by atoms with Crippen molar-refractivity contribution in [1.82, 2.24) is 10.6 Å². The van der Waals surface area contributed by atoms with Crippen LogP contribution in [-0.2, 0) is 20.8 Å². The highest BCUT2D eigenvalue weighted by Gasteiger charge is 2.53. The van der Waals surface area contributed by atoms with Gasteiger partial charge >= 0.3 is 5.91 Å². The molecule has 8 heteroatoms. The SMILES string of the molecule is CC[C@@H](C)C(=O)N[C@@H]1C(=O)N2c3c(ccc[n+]3C1C)C[C@H]2CNC(C)=O.Cl. The number of carbonyl (C=O) groups excluding carboxylic acids is 3. The molecule has 0 bridgehead atoms. The van der Waals surface area contributed by atoms with E-state index in [9.17, 15) is 14.4 Å². The molecule has 2 aliphatic heterocycles. The summed E-state index contributed by atoms with van der Waals surface area (Å²) in [5, 5.41) is 5.76. The van der Waals surface area contributed by atoms with Gasteiger partial charge in [0.1, 0.15) is 12.1 Å². The molecular formula is C19H28ClN4O3+. The molecule has 0 saturated heterocycles. The van der Waals surface area contributed by atoms with E-state index in [1.165, 1.54) is 6.92 Å². The number of carbonyl (C=O) groups is 3. The lowest BCUT2D eigenvalue weighted by Crippen LogP contribution is -2.66. The molecule has 7 nitrogen and oxygen atoms in total. The van der Waals surface area contributed by atoms with Gasteiger partial charge in [0.15, 0.2) is 6.04 Å². The fourth-order valence-electron chi connectivity index (χ4n) is 3.74. The molecule has 148 valence electrons. The Morgan fingerprint density at radius 1 is 1.41 bits per heavy atom. The third-order valence-corrected chi connectivity index (χ3v) is 5.49. The average molecular weight is 396 g/mol. The van der Waals surface area contributed by atoms with Crippen molar-refractivity contribution >= 4 is 35.9 Å². The second-order valence-corrected chi connectivity index (χ2v) is 7.30. The number of pyridine rings is 1. The van der Waals surface area contributed by atoms with Crippen LogP contribution in [-0.4, -0.2) is 36.3 Å². The minimum atomic E-state index is -0.609. The number of nitrogens with one attached hydrogen (secondary N) is 2. The number of aromatic nitrogens is 1. The Balaban J connectivity index is 0.00000261. The van der Waals surface area contributed by atoms with E-state index in [0.29, 0.717) is 13.0 Å². The van der Waals surface area contributed by atoms with Gasteiger partial charge in [0.05, 0.1) is 12.7 Å². The molecule has 3 amide bonds. The van der Waals surface area contributed by atoms with Gasteiger partial charge in [-0.3, -0.25) is 9.59 Å². The third kappa shape index (κ3) is 3.78. The predicted octanol–water partition coefficient (Wildman–Crippen LogP) is 0.895. The van der Waals surface area contributed by atoms with E-state index in [1.807, 2.05) is 39.1 Å². The summed E-state index contributed by atoms with van der Waals surface area (Å²) >= 11 is 0. The Morgan fingerprint density at radius 3 is 2.74 bits per heavy atom. The number of amides is 3. The fourth-order valence-corrected chi connectivity index (χ4v) is 3.74. The van der Waals surface area contributed by atoms with Crippen LogP contribution < -0.4 is 20.1 Å². The molecule has 0 saturated carbocycles. The van der Waals surface area contributed by atoms with Crippen LogP contribution in [0.5, 0.6) is 0 Å². The van der Waals surface area contributed by atoms with Crippen LogP contribution in [0.25, 0.3) is 0 Å². The van der Waals surface area contributed by atoms with Gasteiger partial charge in [0, 0.05) is 24.8 Å². The zero-order valence-corrected chi connectivity index (χ0v) is 17.0. The molecule has 2 aliphatic rings. The van der Waals surface area contributed by atoms with Crippen molar-refractivity contribution in [1.29, 1.82) is 0 Å². The highest BCUT2D eigenvalue weighted by Crippen LogP contribution is 2.34. The Kier molecular flexibility index (Phi) is 6.46. The maximum atomic E-state index is 13.2. The van der Waals surface area contributed by atoms with Gasteiger partial charge in [0.2, 0.25) is 11.8 Å². The van der Waals surface area contributed by atoms with E-state index < -0.39 is 6.04 Å². The molecule has 2 N–H and O–H groups in total. The average Bonchev–Trinajstić information content (AvgIpc) is 2.99. The van der Waals surface area contributed by atoms with E-state index in [0.717, 1.165) is 17.8 Å². The third-order valence-electron chi connectivity index (χ3n) is 5.49. The van der Waals surface area contributed by atoms with Crippen LogP contribution in [0.15, 0.2) is 18.3 Å². The van der Waals surface area contributed by atoms with Crippen LogP contribution in [0.2, 0.25) is 0 Å². The summed E-state index contributed by atoms with van der Waals surface area (Å²) in [4.78, 5) is 38.7. The van der Waals surface area contributed by atoms with Crippen LogP contribution in [0.4, 0.5) is 5.82 Å². The molecular weight excluding hydrogens is 368 g/mol. The summed E-state index contributed by atoms with van der Waals surface area (Å²) < 4.78 is 2.06. The molecule has 4 atom stereocenters. The molecule has 3 rings (SSSR count). The minimum absolute atomic E-state index is 0. The summed E-state index contributed by atoms with van der Waals surface area (Å²) in [6.45, 7) is 7.64. The molecule has 27 heavy (non-hydrogen) atoms. The van der Waals surface area contributed by atoms with Crippen molar-refractivity contribution in [3.63, 3.8) is 0 Å². The van der Waals surface area contributed by atoms with Gasteiger partial charge in [-0.05, 0) is 25.5 Å². The molecule has 0 radical (unpaired) electrons. The first-order chi connectivity index (χ1) is 12.3. The van der Waals surface area contributed by atoms with Crippen molar-refractivity contribution in [2.45, 2.75) is 58.7 Å². The van der Waals surface area contributed by atoms with Crippen LogP contribution in [0.3, 0.4) is 0 Å². The van der Waals surface area contributed by atoms with E-state index in [-0.39, 0.29) is 48.1 Å². The standard InChI is InChI=1S/C19H26N4O3.ClH/c1-5-11(2)17(25)21-16-12(3)22-8-6-7-14-9-15(10-20-13(4)24)23(18(14)22)19(16)26;/h6-8,11-12,15-16H,5,9-10H2,1-4H3,(H-,20,21,24,25);1H/p+1/t11-,12?,15+,16+;/m1./s1. The normalized spacial score (nSPS) is 23.9. The molecule has 3 heterocycles. The van der Waals surface area contributed by atoms with Crippen LogP contribution in [0.1, 0.15) is 45.7 Å². The fraction of sp³-hybridized carbons (Fsp3) is 0.579. The van der Waals surface area contributed by atoms with Crippen LogP contribution in [0, 0.1) is 5.92 Å². The predicted molar refractivity (Wildman–Crippen MR) is 104 cm³/mol. The maximum Gasteiger partial charge on any atom is 0.336 e. The summed E-state index contributed by atoms with van der Waals surface area (Å²) in [5.74, 6) is 0.425. The number of rotatable bonds is 5. The molecule has 1 aromatic heterocycles. The largest absolute Gasteiger partial charge is 0.352 e. The van der Waals surface area contributed by atoms with Crippen molar-refractivity contribution in [3.8, 4) is 0 Å². The van der Waals surface area contributed by atoms with Crippen molar-refractivity contribution in [2.75, 3.05) is 11.4 Å². The molecule has 0 aromatic carbocycles. The summed E-state index contributed by atoms with van der Waals surface area (Å²) in [5.41, 5.74) is 1.09. The van der Waals surface area contributed by atoms with E-state index in [1.54, 1.807) is 4.90 Å². The first-order valence-electron chi connectivity index (χ1n) is 9.26. The Morgan fingerprint density at radius 2 is 2.11 bits per heavy atom. The van der Waals surface area contributed by atoms with Crippen LogP contribution >= 0.6 is 12.4 Å². The lowest BCUT2D eigenvalue weighted by Gasteiger charge is -2.33. The monoisotopic (exact) mass is 395 g/mol. The number of hydrogen-bond donors (Lipinski definition) is 2.